The lowest BCUT2D eigenvalue weighted by Gasteiger charge is -2.15. The predicted molar refractivity (Wildman–Crippen MR) is 105 cm³/mol. The van der Waals surface area contributed by atoms with Crippen LogP contribution in [0.3, 0.4) is 0 Å². The number of hydrogen-bond donors (Lipinski definition) is 2. The number of amides is 1. The predicted octanol–water partition coefficient (Wildman–Crippen LogP) is 3.03. The fourth-order valence-electron chi connectivity index (χ4n) is 2.32. The molecule has 0 saturated carbocycles. The minimum absolute atomic E-state index is 0.0332. The molecule has 8 heteroatoms. The molecule has 0 aliphatic heterocycles. The van der Waals surface area contributed by atoms with Crippen LogP contribution < -0.4 is 14.8 Å². The van der Waals surface area contributed by atoms with Crippen molar-refractivity contribution in [3.63, 3.8) is 0 Å². The summed E-state index contributed by atoms with van der Waals surface area (Å²) in [5.74, 6) is -0.0156. The molecule has 0 aromatic heterocycles. The minimum atomic E-state index is -3.90. The number of nitrogens with one attached hydrogen (secondary N) is 2. The zero-order valence-corrected chi connectivity index (χ0v) is 17.0. The normalized spacial score (nSPS) is 12.4. The Bertz CT molecular complexity index is 898. The van der Waals surface area contributed by atoms with Crippen molar-refractivity contribution in [3.05, 3.63) is 58.6 Å². The highest BCUT2D eigenvalue weighted by molar-refractivity contribution is 7.89. The van der Waals surface area contributed by atoms with Crippen LogP contribution in [-0.2, 0) is 21.4 Å². The first-order chi connectivity index (χ1) is 12.7. The van der Waals surface area contributed by atoms with Gasteiger partial charge < -0.3 is 10.1 Å². The highest BCUT2D eigenvalue weighted by atomic mass is 35.5. The molecule has 1 amide bonds. The molecule has 0 bridgehead atoms. The van der Waals surface area contributed by atoms with Crippen LogP contribution in [0.4, 0.5) is 0 Å². The van der Waals surface area contributed by atoms with Gasteiger partial charge in [-0.05, 0) is 44.5 Å². The summed E-state index contributed by atoms with van der Waals surface area (Å²) in [5, 5.41) is 2.91. The Morgan fingerprint density at radius 3 is 2.44 bits per heavy atom. The quantitative estimate of drug-likeness (QED) is 0.700. The molecule has 6 nitrogen and oxygen atoms in total. The van der Waals surface area contributed by atoms with Gasteiger partial charge in [0.1, 0.15) is 5.75 Å². The summed E-state index contributed by atoms with van der Waals surface area (Å²) < 4.78 is 32.6. The van der Waals surface area contributed by atoms with Crippen LogP contribution >= 0.6 is 11.6 Å². The van der Waals surface area contributed by atoms with Crippen LogP contribution in [-0.4, -0.2) is 27.0 Å². The van der Waals surface area contributed by atoms with E-state index >= 15 is 0 Å². The van der Waals surface area contributed by atoms with Crippen molar-refractivity contribution >= 4 is 27.5 Å². The molecule has 0 aliphatic carbocycles. The van der Waals surface area contributed by atoms with Gasteiger partial charge in [-0.15, -0.1) is 0 Å². The Morgan fingerprint density at radius 1 is 1.19 bits per heavy atom. The number of halogens is 1. The van der Waals surface area contributed by atoms with E-state index < -0.39 is 22.0 Å². The van der Waals surface area contributed by atoms with Gasteiger partial charge in [0.2, 0.25) is 15.9 Å². The molecular formula is C19H23ClN2O4S. The topological polar surface area (TPSA) is 84.5 Å². The molecule has 2 rings (SSSR count). The van der Waals surface area contributed by atoms with Gasteiger partial charge >= 0.3 is 0 Å². The first-order valence-electron chi connectivity index (χ1n) is 8.51. The Hall–Kier alpha value is -2.09. The van der Waals surface area contributed by atoms with E-state index in [0.717, 1.165) is 11.1 Å². The van der Waals surface area contributed by atoms with Crippen molar-refractivity contribution in [1.29, 1.82) is 0 Å². The molecule has 27 heavy (non-hydrogen) atoms. The maximum Gasteiger partial charge on any atom is 0.241 e. The molecular weight excluding hydrogens is 388 g/mol. The molecule has 0 heterocycles. The van der Waals surface area contributed by atoms with E-state index in [-0.39, 0.29) is 9.92 Å². The number of hydrogen-bond acceptors (Lipinski definition) is 4. The molecule has 1 atom stereocenters. The van der Waals surface area contributed by atoms with E-state index in [0.29, 0.717) is 18.9 Å². The summed E-state index contributed by atoms with van der Waals surface area (Å²) in [5.41, 5.74) is 2.06. The lowest BCUT2D eigenvalue weighted by molar-refractivity contribution is -0.122. The maximum atomic E-state index is 12.5. The third kappa shape index (κ3) is 5.95. The molecule has 0 spiro atoms. The maximum absolute atomic E-state index is 12.5. The summed E-state index contributed by atoms with van der Waals surface area (Å²) in [4.78, 5) is 12.2. The second kappa shape index (κ2) is 9.21. The van der Waals surface area contributed by atoms with E-state index in [1.807, 2.05) is 31.2 Å². The van der Waals surface area contributed by atoms with Gasteiger partial charge in [0.25, 0.3) is 0 Å². The fourth-order valence-corrected chi connectivity index (χ4v) is 3.85. The van der Waals surface area contributed by atoms with Gasteiger partial charge in [0.15, 0.2) is 0 Å². The minimum Gasteiger partial charge on any atom is -0.492 e. The van der Waals surface area contributed by atoms with E-state index in [1.54, 1.807) is 6.92 Å². The summed E-state index contributed by atoms with van der Waals surface area (Å²) in [7, 11) is -3.90. The Balaban J connectivity index is 2.00. The standard InChI is InChI=1S/C19H23ClN2O4S/c1-4-26-18-10-9-16(11-17(18)20)27(24,25)22-14(3)19(23)21-12-15-7-5-13(2)6-8-15/h5-11,14,22H,4,12H2,1-3H3,(H,21,23)/t14-/m0/s1. The van der Waals surface area contributed by atoms with Crippen LogP contribution in [0, 0.1) is 6.92 Å². The van der Waals surface area contributed by atoms with E-state index in [1.165, 1.54) is 25.1 Å². The van der Waals surface area contributed by atoms with Crippen LogP contribution in [0.2, 0.25) is 5.02 Å². The van der Waals surface area contributed by atoms with E-state index in [9.17, 15) is 13.2 Å². The van der Waals surface area contributed by atoms with Crippen LogP contribution in [0.25, 0.3) is 0 Å². The molecule has 146 valence electrons. The van der Waals surface area contributed by atoms with Gasteiger partial charge in [-0.3, -0.25) is 4.79 Å². The SMILES string of the molecule is CCOc1ccc(S(=O)(=O)N[C@@H](C)C(=O)NCc2ccc(C)cc2)cc1Cl. The number of rotatable bonds is 8. The highest BCUT2D eigenvalue weighted by Gasteiger charge is 2.22. The van der Waals surface area contributed by atoms with Crippen molar-refractivity contribution in [2.24, 2.45) is 0 Å². The first-order valence-corrected chi connectivity index (χ1v) is 10.4. The van der Waals surface area contributed by atoms with Gasteiger partial charge in [-0.25, -0.2) is 8.42 Å². The molecule has 2 N–H and O–H groups in total. The van der Waals surface area contributed by atoms with Crippen molar-refractivity contribution in [3.8, 4) is 5.75 Å². The van der Waals surface area contributed by atoms with Crippen molar-refractivity contribution in [2.75, 3.05) is 6.61 Å². The second-order valence-corrected chi connectivity index (χ2v) is 8.19. The monoisotopic (exact) mass is 410 g/mol. The molecule has 0 aliphatic rings. The zero-order valence-electron chi connectivity index (χ0n) is 15.5. The number of aryl methyl sites for hydroxylation is 1. The largest absolute Gasteiger partial charge is 0.492 e. The lowest BCUT2D eigenvalue weighted by Crippen LogP contribution is -2.44. The number of benzene rings is 2. The fraction of sp³-hybridized carbons (Fsp3) is 0.316. The second-order valence-electron chi connectivity index (χ2n) is 6.07. The zero-order chi connectivity index (χ0) is 20.0. The van der Waals surface area contributed by atoms with Crippen LogP contribution in [0.5, 0.6) is 5.75 Å². The first kappa shape index (κ1) is 21.2. The molecule has 0 unspecified atom stereocenters. The molecule has 0 radical (unpaired) electrons. The number of sulfonamides is 1. The molecule has 2 aromatic rings. The van der Waals surface area contributed by atoms with Gasteiger partial charge in [0.05, 0.1) is 22.6 Å². The van der Waals surface area contributed by atoms with Crippen molar-refractivity contribution in [1.82, 2.24) is 10.0 Å². The third-order valence-corrected chi connectivity index (χ3v) is 5.66. The van der Waals surface area contributed by atoms with Gasteiger partial charge in [-0.2, -0.15) is 4.72 Å². The highest BCUT2D eigenvalue weighted by Crippen LogP contribution is 2.27. The van der Waals surface area contributed by atoms with Crippen LogP contribution in [0.1, 0.15) is 25.0 Å². The average Bonchev–Trinajstić information content (AvgIpc) is 2.62. The van der Waals surface area contributed by atoms with E-state index in [2.05, 4.69) is 10.0 Å². The number of carbonyl (C=O) groups excluding carboxylic acids is 1. The Kier molecular flexibility index (Phi) is 7.24. The van der Waals surface area contributed by atoms with Crippen molar-refractivity contribution < 1.29 is 17.9 Å². The summed E-state index contributed by atoms with van der Waals surface area (Å²) in [6, 6.07) is 10.9. The summed E-state index contributed by atoms with van der Waals surface area (Å²) in [6.45, 7) is 6.01. The Labute approximate surface area is 164 Å². The van der Waals surface area contributed by atoms with Gasteiger partial charge in [-0.1, -0.05) is 41.4 Å². The van der Waals surface area contributed by atoms with Gasteiger partial charge in [0, 0.05) is 6.54 Å². The van der Waals surface area contributed by atoms with Crippen LogP contribution in [0.15, 0.2) is 47.4 Å². The molecule has 2 aromatic carbocycles. The average molecular weight is 411 g/mol. The lowest BCUT2D eigenvalue weighted by atomic mass is 10.1. The number of carbonyl (C=O) groups is 1. The summed E-state index contributed by atoms with van der Waals surface area (Å²) in [6.07, 6.45) is 0. The smallest absolute Gasteiger partial charge is 0.241 e. The summed E-state index contributed by atoms with van der Waals surface area (Å²) >= 11 is 6.05. The molecule has 0 saturated heterocycles. The van der Waals surface area contributed by atoms with E-state index in [4.69, 9.17) is 16.3 Å². The number of ether oxygens (including phenoxy) is 1. The third-order valence-electron chi connectivity index (χ3n) is 3.83. The molecule has 0 fully saturated rings. The van der Waals surface area contributed by atoms with Crippen molar-refractivity contribution in [2.45, 2.75) is 38.3 Å². The Morgan fingerprint density at radius 2 is 1.85 bits per heavy atom.